The molecule has 0 spiro atoms. The summed E-state index contributed by atoms with van der Waals surface area (Å²) in [6.45, 7) is 0. The van der Waals surface area contributed by atoms with Crippen molar-refractivity contribution in [3.05, 3.63) is 17.8 Å². The van der Waals surface area contributed by atoms with Crippen LogP contribution in [0.4, 0.5) is 11.5 Å². The minimum atomic E-state index is -0.659. The molecule has 0 aliphatic rings. The lowest BCUT2D eigenvalue weighted by Crippen LogP contribution is -2.16. The Hall–Kier alpha value is -1.78. The number of nitrogen functional groups attached to an aromatic ring is 2. The zero-order chi connectivity index (χ0) is 8.43. The Kier molecular flexibility index (Phi) is 1.63. The lowest BCUT2D eigenvalue weighted by molar-refractivity contribution is 0.100. The summed E-state index contributed by atoms with van der Waals surface area (Å²) in [5.74, 6) is -0.592. The van der Waals surface area contributed by atoms with Crippen molar-refractivity contribution in [3.8, 4) is 0 Å². The molecule has 0 unspecified atom stereocenters. The summed E-state index contributed by atoms with van der Waals surface area (Å²) in [5.41, 5.74) is 16.1. The molecule has 0 aromatic carbocycles. The molecule has 0 saturated carbocycles. The van der Waals surface area contributed by atoms with Crippen LogP contribution in [0.1, 0.15) is 10.4 Å². The standard InChI is InChI=1S/C6H8N4O/c7-3-1-2-10-5(8)4(3)6(9)11/h1-2H,(H2,9,11)(H4,7,8,10). The van der Waals surface area contributed by atoms with Gasteiger partial charge in [-0.25, -0.2) is 4.98 Å². The Morgan fingerprint density at radius 2 is 2.09 bits per heavy atom. The molecule has 0 fully saturated rings. The van der Waals surface area contributed by atoms with Crippen molar-refractivity contribution < 1.29 is 4.79 Å². The van der Waals surface area contributed by atoms with E-state index >= 15 is 0 Å². The molecule has 11 heavy (non-hydrogen) atoms. The third-order valence-corrected chi connectivity index (χ3v) is 1.26. The summed E-state index contributed by atoms with van der Waals surface area (Å²) >= 11 is 0. The molecule has 0 aliphatic carbocycles. The van der Waals surface area contributed by atoms with Crippen LogP contribution in [0, 0.1) is 0 Å². The highest BCUT2D eigenvalue weighted by atomic mass is 16.1. The van der Waals surface area contributed by atoms with E-state index in [4.69, 9.17) is 17.2 Å². The number of nitrogens with two attached hydrogens (primary N) is 3. The van der Waals surface area contributed by atoms with E-state index in [1.807, 2.05) is 0 Å². The maximum absolute atomic E-state index is 10.7. The largest absolute Gasteiger partial charge is 0.398 e. The van der Waals surface area contributed by atoms with Crippen molar-refractivity contribution in [1.29, 1.82) is 0 Å². The summed E-state index contributed by atoms with van der Waals surface area (Å²) in [7, 11) is 0. The van der Waals surface area contributed by atoms with Crippen molar-refractivity contribution >= 4 is 17.4 Å². The molecule has 0 atom stereocenters. The Morgan fingerprint density at radius 1 is 1.45 bits per heavy atom. The van der Waals surface area contributed by atoms with Crippen molar-refractivity contribution in [2.45, 2.75) is 0 Å². The van der Waals surface area contributed by atoms with Gasteiger partial charge in [0.1, 0.15) is 11.4 Å². The number of carbonyl (C=O) groups excluding carboxylic acids is 1. The second-order valence-corrected chi connectivity index (χ2v) is 2.02. The van der Waals surface area contributed by atoms with E-state index in [1.54, 1.807) is 0 Å². The van der Waals surface area contributed by atoms with E-state index in [0.29, 0.717) is 0 Å². The van der Waals surface area contributed by atoms with Crippen LogP contribution in [0.5, 0.6) is 0 Å². The normalized spacial score (nSPS) is 9.45. The summed E-state index contributed by atoms with van der Waals surface area (Å²) in [6, 6.07) is 1.47. The van der Waals surface area contributed by atoms with Crippen LogP contribution < -0.4 is 17.2 Å². The van der Waals surface area contributed by atoms with Crippen LogP contribution in [0.15, 0.2) is 12.3 Å². The predicted octanol–water partition coefficient (Wildman–Crippen LogP) is -0.655. The zero-order valence-corrected chi connectivity index (χ0v) is 5.74. The number of primary amides is 1. The van der Waals surface area contributed by atoms with Crippen LogP contribution in [0.2, 0.25) is 0 Å². The summed E-state index contributed by atoms with van der Waals surface area (Å²) < 4.78 is 0. The van der Waals surface area contributed by atoms with Gasteiger partial charge in [0, 0.05) is 11.9 Å². The number of pyridine rings is 1. The van der Waals surface area contributed by atoms with Gasteiger partial charge in [-0.2, -0.15) is 0 Å². The number of hydrogen-bond acceptors (Lipinski definition) is 4. The minimum Gasteiger partial charge on any atom is -0.398 e. The Morgan fingerprint density at radius 3 is 2.45 bits per heavy atom. The molecule has 0 bridgehead atoms. The smallest absolute Gasteiger partial charge is 0.254 e. The first-order chi connectivity index (χ1) is 5.13. The Balaban J connectivity index is 3.32. The molecule has 1 amide bonds. The van der Waals surface area contributed by atoms with Gasteiger partial charge in [0.25, 0.3) is 5.91 Å². The van der Waals surface area contributed by atoms with E-state index in [9.17, 15) is 4.79 Å². The number of carbonyl (C=O) groups is 1. The van der Waals surface area contributed by atoms with Gasteiger partial charge in [0.05, 0.1) is 0 Å². The number of anilines is 2. The molecular weight excluding hydrogens is 144 g/mol. The summed E-state index contributed by atoms with van der Waals surface area (Å²) in [5, 5.41) is 0. The minimum absolute atomic E-state index is 0.0671. The first kappa shape index (κ1) is 7.33. The zero-order valence-electron chi connectivity index (χ0n) is 5.74. The fraction of sp³-hybridized carbons (Fsp3) is 0. The molecule has 0 saturated heterocycles. The molecule has 58 valence electrons. The van der Waals surface area contributed by atoms with Crippen molar-refractivity contribution in [2.75, 3.05) is 11.5 Å². The molecule has 1 rings (SSSR count). The third kappa shape index (κ3) is 1.21. The molecule has 6 N–H and O–H groups in total. The average molecular weight is 152 g/mol. The maximum Gasteiger partial charge on any atom is 0.254 e. The highest BCUT2D eigenvalue weighted by Gasteiger charge is 2.09. The molecule has 0 aliphatic heterocycles. The van der Waals surface area contributed by atoms with Crippen LogP contribution in [0.3, 0.4) is 0 Å². The molecular formula is C6H8N4O. The van der Waals surface area contributed by atoms with E-state index in [0.717, 1.165) is 0 Å². The number of rotatable bonds is 1. The molecule has 1 aromatic rings. The maximum atomic E-state index is 10.7. The fourth-order valence-corrected chi connectivity index (χ4v) is 0.762. The monoisotopic (exact) mass is 152 g/mol. The van der Waals surface area contributed by atoms with Crippen LogP contribution in [-0.4, -0.2) is 10.9 Å². The highest BCUT2D eigenvalue weighted by Crippen LogP contribution is 2.14. The number of amides is 1. The van der Waals surface area contributed by atoms with Crippen molar-refractivity contribution in [3.63, 3.8) is 0 Å². The molecule has 1 aromatic heterocycles. The first-order valence-electron chi connectivity index (χ1n) is 2.92. The van der Waals surface area contributed by atoms with Gasteiger partial charge in [0.2, 0.25) is 0 Å². The second kappa shape index (κ2) is 2.45. The van der Waals surface area contributed by atoms with Gasteiger partial charge in [-0.3, -0.25) is 4.79 Å². The second-order valence-electron chi connectivity index (χ2n) is 2.02. The SMILES string of the molecule is NC(=O)c1c(N)ccnc1N. The van der Waals surface area contributed by atoms with E-state index in [1.165, 1.54) is 12.3 Å². The van der Waals surface area contributed by atoms with E-state index < -0.39 is 5.91 Å². The van der Waals surface area contributed by atoms with Crippen molar-refractivity contribution in [1.82, 2.24) is 4.98 Å². The topological polar surface area (TPSA) is 108 Å². The highest BCUT2D eigenvalue weighted by molar-refractivity contribution is 6.02. The summed E-state index contributed by atoms with van der Waals surface area (Å²) in [4.78, 5) is 14.3. The lowest BCUT2D eigenvalue weighted by atomic mass is 10.2. The third-order valence-electron chi connectivity index (χ3n) is 1.26. The Bertz CT molecular complexity index is 276. The molecule has 5 nitrogen and oxygen atoms in total. The number of hydrogen-bond donors (Lipinski definition) is 3. The molecule has 1 heterocycles. The van der Waals surface area contributed by atoms with Gasteiger partial charge in [-0.05, 0) is 6.07 Å². The summed E-state index contributed by atoms with van der Waals surface area (Å²) in [6.07, 6.45) is 1.41. The average Bonchev–Trinajstić information content (AvgIpc) is 1.85. The Labute approximate surface area is 63.2 Å². The van der Waals surface area contributed by atoms with E-state index in [2.05, 4.69) is 4.98 Å². The number of nitrogens with zero attached hydrogens (tertiary/aromatic N) is 1. The van der Waals surface area contributed by atoms with Gasteiger partial charge in [-0.15, -0.1) is 0 Å². The first-order valence-corrected chi connectivity index (χ1v) is 2.92. The van der Waals surface area contributed by atoms with Gasteiger partial charge >= 0.3 is 0 Å². The van der Waals surface area contributed by atoms with Crippen LogP contribution in [0.25, 0.3) is 0 Å². The number of aromatic nitrogens is 1. The van der Waals surface area contributed by atoms with Gasteiger partial charge < -0.3 is 17.2 Å². The fourth-order valence-electron chi connectivity index (χ4n) is 0.762. The van der Waals surface area contributed by atoms with Crippen LogP contribution in [-0.2, 0) is 0 Å². The van der Waals surface area contributed by atoms with Crippen molar-refractivity contribution in [2.24, 2.45) is 5.73 Å². The quantitative estimate of drug-likeness (QED) is 0.496. The van der Waals surface area contributed by atoms with Gasteiger partial charge in [0.15, 0.2) is 0 Å². The molecule has 0 radical (unpaired) electrons. The lowest BCUT2D eigenvalue weighted by Gasteiger charge is -2.02. The van der Waals surface area contributed by atoms with Gasteiger partial charge in [-0.1, -0.05) is 0 Å². The molecule has 5 heteroatoms. The van der Waals surface area contributed by atoms with Crippen LogP contribution >= 0.6 is 0 Å². The predicted molar refractivity (Wildman–Crippen MR) is 41.6 cm³/mol. The van der Waals surface area contributed by atoms with E-state index in [-0.39, 0.29) is 17.1 Å².